The van der Waals surface area contributed by atoms with Gasteiger partial charge in [0.15, 0.2) is 11.0 Å². The van der Waals surface area contributed by atoms with Gasteiger partial charge in [0.1, 0.15) is 16.5 Å². The Morgan fingerprint density at radius 3 is 2.61 bits per heavy atom. The maximum atomic E-state index is 13.8. The highest BCUT2D eigenvalue weighted by Gasteiger charge is 2.21. The quantitative estimate of drug-likeness (QED) is 0.215. The minimum absolute atomic E-state index is 0.0653. The van der Waals surface area contributed by atoms with Gasteiger partial charge in [-0.1, -0.05) is 44.0 Å². The van der Waals surface area contributed by atoms with Crippen molar-refractivity contribution >= 4 is 57.6 Å². The average Bonchev–Trinajstić information content (AvgIpc) is 3.07. The van der Waals surface area contributed by atoms with Crippen molar-refractivity contribution in [1.29, 1.82) is 0 Å². The van der Waals surface area contributed by atoms with Gasteiger partial charge < -0.3 is 9.84 Å². The standard InChI is InChI=1S/C18H18Cl2FN3O3S/c1-5-27-16(26)10(7-22-17-23-12(8-28-17)18(2,3)4)13(25)9-6-11(21)15(20)24-14(9)19/h6-8,25H,5H2,1-4H3/b13-10-,22-7+. The fourth-order valence-corrected chi connectivity index (χ4v) is 3.26. The molecule has 0 saturated carbocycles. The monoisotopic (exact) mass is 445 g/mol. The number of rotatable bonds is 5. The third kappa shape index (κ3) is 5.27. The minimum Gasteiger partial charge on any atom is -0.506 e. The van der Waals surface area contributed by atoms with Gasteiger partial charge in [0, 0.05) is 17.0 Å². The molecule has 28 heavy (non-hydrogen) atoms. The van der Waals surface area contributed by atoms with Crippen molar-refractivity contribution in [2.24, 2.45) is 4.99 Å². The number of aliphatic hydroxyl groups is 1. The molecule has 0 bridgehead atoms. The molecule has 6 nitrogen and oxygen atoms in total. The van der Waals surface area contributed by atoms with Crippen LogP contribution in [-0.2, 0) is 14.9 Å². The molecule has 2 rings (SSSR count). The van der Waals surface area contributed by atoms with Gasteiger partial charge in [-0.15, -0.1) is 11.3 Å². The van der Waals surface area contributed by atoms with Crippen molar-refractivity contribution in [3.63, 3.8) is 0 Å². The lowest BCUT2D eigenvalue weighted by Gasteiger charge is -2.13. The number of pyridine rings is 1. The number of thiazole rings is 1. The number of carbonyl (C=O) groups excluding carboxylic acids is 1. The van der Waals surface area contributed by atoms with Crippen LogP contribution >= 0.6 is 34.5 Å². The van der Waals surface area contributed by atoms with Crippen LogP contribution in [0.15, 0.2) is 22.0 Å². The largest absolute Gasteiger partial charge is 0.506 e. The minimum atomic E-state index is -0.900. The molecule has 0 aliphatic carbocycles. The SMILES string of the molecule is CCOC(=O)C(/C=N/c1nc(C(C)(C)C)cs1)=C(\O)c1cc(F)c(Cl)nc1Cl. The predicted octanol–water partition coefficient (Wildman–Crippen LogP) is 5.52. The van der Waals surface area contributed by atoms with Crippen LogP contribution in [0.3, 0.4) is 0 Å². The summed E-state index contributed by atoms with van der Waals surface area (Å²) in [4.78, 5) is 24.4. The Morgan fingerprint density at radius 2 is 2.04 bits per heavy atom. The van der Waals surface area contributed by atoms with Crippen molar-refractivity contribution in [1.82, 2.24) is 9.97 Å². The maximum Gasteiger partial charge on any atom is 0.343 e. The first-order valence-electron chi connectivity index (χ1n) is 8.17. The number of nitrogens with zero attached hydrogens (tertiary/aromatic N) is 3. The van der Waals surface area contributed by atoms with Crippen LogP contribution in [-0.4, -0.2) is 33.9 Å². The summed E-state index contributed by atoms with van der Waals surface area (Å²) < 4.78 is 18.7. The lowest BCUT2D eigenvalue weighted by Crippen LogP contribution is -2.12. The number of aliphatic imine (C=N–C) groups is 1. The molecule has 0 aliphatic heterocycles. The topological polar surface area (TPSA) is 84.7 Å². The van der Waals surface area contributed by atoms with E-state index in [9.17, 15) is 14.3 Å². The van der Waals surface area contributed by atoms with E-state index in [2.05, 4.69) is 15.0 Å². The number of hydrogen-bond donors (Lipinski definition) is 1. The molecule has 2 aromatic rings. The van der Waals surface area contributed by atoms with E-state index in [0.717, 1.165) is 18.0 Å². The van der Waals surface area contributed by atoms with Gasteiger partial charge >= 0.3 is 5.97 Å². The van der Waals surface area contributed by atoms with Crippen LogP contribution in [0.2, 0.25) is 10.3 Å². The highest BCUT2D eigenvalue weighted by Crippen LogP contribution is 2.29. The van der Waals surface area contributed by atoms with Crippen LogP contribution in [0.5, 0.6) is 0 Å². The van der Waals surface area contributed by atoms with E-state index in [1.807, 2.05) is 26.2 Å². The summed E-state index contributed by atoms with van der Waals surface area (Å²) >= 11 is 12.8. The Labute approximate surface area is 175 Å². The second kappa shape index (κ2) is 8.98. The third-order valence-electron chi connectivity index (χ3n) is 3.46. The molecule has 0 unspecified atom stereocenters. The van der Waals surface area contributed by atoms with E-state index < -0.39 is 22.7 Å². The smallest absolute Gasteiger partial charge is 0.343 e. The summed E-state index contributed by atoms with van der Waals surface area (Å²) in [7, 11) is 0. The molecule has 0 spiro atoms. The van der Waals surface area contributed by atoms with Gasteiger partial charge in [-0.2, -0.15) is 0 Å². The molecular weight excluding hydrogens is 428 g/mol. The lowest BCUT2D eigenvalue weighted by atomic mass is 9.93. The molecule has 0 aliphatic rings. The highest BCUT2D eigenvalue weighted by atomic mass is 35.5. The number of ether oxygens (including phenoxy) is 1. The number of carbonyl (C=O) groups is 1. The molecule has 0 aromatic carbocycles. The Morgan fingerprint density at radius 1 is 1.36 bits per heavy atom. The van der Waals surface area contributed by atoms with E-state index in [-0.39, 0.29) is 28.3 Å². The third-order valence-corrected chi connectivity index (χ3v) is 4.76. The van der Waals surface area contributed by atoms with Gasteiger partial charge in [0.2, 0.25) is 5.13 Å². The molecule has 1 N–H and O–H groups in total. The predicted molar refractivity (Wildman–Crippen MR) is 109 cm³/mol. The maximum absolute atomic E-state index is 13.8. The number of hydrogen-bond acceptors (Lipinski definition) is 7. The van der Waals surface area contributed by atoms with E-state index in [1.165, 1.54) is 11.3 Å². The van der Waals surface area contributed by atoms with Crippen LogP contribution in [0.25, 0.3) is 5.76 Å². The summed E-state index contributed by atoms with van der Waals surface area (Å²) in [6.07, 6.45) is 1.10. The van der Waals surface area contributed by atoms with Crippen LogP contribution in [0.1, 0.15) is 39.0 Å². The molecule has 0 saturated heterocycles. The van der Waals surface area contributed by atoms with Gasteiger partial charge in [0.05, 0.1) is 17.9 Å². The molecular formula is C18H18Cl2FN3O3S. The zero-order valence-electron chi connectivity index (χ0n) is 15.6. The summed E-state index contributed by atoms with van der Waals surface area (Å²) in [5, 5.41) is 12.0. The molecule has 0 fully saturated rings. The molecule has 0 radical (unpaired) electrons. The summed E-state index contributed by atoms with van der Waals surface area (Å²) in [5.41, 5.74) is 0.140. The zero-order chi connectivity index (χ0) is 21.1. The van der Waals surface area contributed by atoms with Crippen molar-refractivity contribution in [3.05, 3.63) is 44.4 Å². The van der Waals surface area contributed by atoms with Crippen LogP contribution in [0.4, 0.5) is 9.52 Å². The highest BCUT2D eigenvalue weighted by molar-refractivity contribution is 7.13. The first kappa shape index (κ1) is 22.3. The summed E-state index contributed by atoms with van der Waals surface area (Å²) in [5.74, 6) is -2.40. The number of aliphatic hydroxyl groups excluding tert-OH is 1. The Kier molecular flexibility index (Phi) is 7.14. The Balaban J connectivity index is 2.50. The van der Waals surface area contributed by atoms with Crippen molar-refractivity contribution in [3.8, 4) is 0 Å². The normalized spacial score (nSPS) is 13.0. The second-order valence-electron chi connectivity index (χ2n) is 6.61. The van der Waals surface area contributed by atoms with E-state index >= 15 is 0 Å². The molecule has 2 heterocycles. The Bertz CT molecular complexity index is 952. The molecule has 10 heteroatoms. The summed E-state index contributed by atoms with van der Waals surface area (Å²) in [6, 6.07) is 0.876. The first-order valence-corrected chi connectivity index (χ1v) is 9.80. The van der Waals surface area contributed by atoms with Crippen molar-refractivity contribution in [2.45, 2.75) is 33.1 Å². The van der Waals surface area contributed by atoms with Gasteiger partial charge in [0.25, 0.3) is 0 Å². The first-order chi connectivity index (χ1) is 13.0. The number of aromatic nitrogens is 2. The number of halogens is 3. The van der Waals surface area contributed by atoms with Crippen LogP contribution < -0.4 is 0 Å². The molecule has 0 amide bonds. The van der Waals surface area contributed by atoms with E-state index in [0.29, 0.717) is 5.13 Å². The van der Waals surface area contributed by atoms with Gasteiger partial charge in [-0.05, 0) is 13.0 Å². The zero-order valence-corrected chi connectivity index (χ0v) is 17.9. The van der Waals surface area contributed by atoms with Crippen molar-refractivity contribution in [2.75, 3.05) is 6.61 Å². The molecule has 2 aromatic heterocycles. The van der Waals surface area contributed by atoms with E-state index in [1.54, 1.807) is 6.92 Å². The van der Waals surface area contributed by atoms with Gasteiger partial charge in [-0.25, -0.2) is 24.1 Å². The molecule has 150 valence electrons. The number of esters is 1. The fourth-order valence-electron chi connectivity index (χ4n) is 1.96. The fraction of sp³-hybridized carbons (Fsp3) is 0.333. The molecule has 0 atom stereocenters. The second-order valence-corrected chi connectivity index (χ2v) is 8.16. The van der Waals surface area contributed by atoms with Crippen molar-refractivity contribution < 1.29 is 19.0 Å². The average molecular weight is 446 g/mol. The lowest BCUT2D eigenvalue weighted by molar-refractivity contribution is -0.137. The Hall–Kier alpha value is -2.03. The summed E-state index contributed by atoms with van der Waals surface area (Å²) in [6.45, 7) is 7.70. The van der Waals surface area contributed by atoms with Crippen LogP contribution in [0, 0.1) is 5.82 Å². The van der Waals surface area contributed by atoms with Gasteiger partial charge in [-0.3, -0.25) is 0 Å². The van der Waals surface area contributed by atoms with E-state index in [4.69, 9.17) is 27.9 Å².